The maximum atomic E-state index is 12.7. The topological polar surface area (TPSA) is 78.9 Å². The second-order valence-electron chi connectivity index (χ2n) is 17.1. The Balaban J connectivity index is 4.26. The van der Waals surface area contributed by atoms with Gasteiger partial charge in [0.05, 0.1) is 0 Å². The van der Waals surface area contributed by atoms with Crippen LogP contribution in [0.25, 0.3) is 0 Å². The number of carbonyl (C=O) groups is 3. The first-order chi connectivity index (χ1) is 26.3. The van der Waals surface area contributed by atoms with Gasteiger partial charge in [-0.05, 0) is 31.1 Å². The van der Waals surface area contributed by atoms with Gasteiger partial charge in [-0.1, -0.05) is 221 Å². The number of rotatable bonds is 42. The maximum absolute atomic E-state index is 12.7. The van der Waals surface area contributed by atoms with E-state index in [9.17, 15) is 14.4 Å². The van der Waals surface area contributed by atoms with Crippen molar-refractivity contribution in [2.45, 2.75) is 265 Å². The SMILES string of the molecule is CCCCCCCCCC(=O)OC[C@H](COC(=O)CCCCCCCCCCCCC(C)CC)OC(=O)CCCCCCCCCCCCCCC(C)C. The van der Waals surface area contributed by atoms with E-state index in [1.54, 1.807) is 0 Å². The molecule has 0 aromatic rings. The third-order valence-electron chi connectivity index (χ3n) is 11.1. The molecule has 0 spiro atoms. The average molecular weight is 765 g/mol. The van der Waals surface area contributed by atoms with Gasteiger partial charge in [-0.2, -0.15) is 0 Å². The summed E-state index contributed by atoms with van der Waals surface area (Å²) in [5, 5.41) is 0. The van der Waals surface area contributed by atoms with Gasteiger partial charge < -0.3 is 14.2 Å². The first kappa shape index (κ1) is 52.4. The lowest BCUT2D eigenvalue weighted by Gasteiger charge is -2.18. The Kier molecular flexibility index (Phi) is 39.8. The number of hydrogen-bond acceptors (Lipinski definition) is 6. The fourth-order valence-corrected chi connectivity index (χ4v) is 7.07. The minimum absolute atomic E-state index is 0.0649. The van der Waals surface area contributed by atoms with Crippen molar-refractivity contribution in [1.29, 1.82) is 0 Å². The summed E-state index contributed by atoms with van der Waals surface area (Å²) in [6.07, 6.45) is 39.5. The number of carbonyl (C=O) groups excluding carboxylic acids is 3. The molecule has 0 aromatic carbocycles. The molecule has 2 atom stereocenters. The van der Waals surface area contributed by atoms with Crippen LogP contribution >= 0.6 is 0 Å². The van der Waals surface area contributed by atoms with Crippen LogP contribution in [0.2, 0.25) is 0 Å². The Bertz CT molecular complexity index is 826. The minimum atomic E-state index is -0.760. The van der Waals surface area contributed by atoms with E-state index in [1.165, 1.54) is 148 Å². The zero-order valence-electron chi connectivity index (χ0n) is 36.8. The molecule has 0 N–H and O–H groups in total. The summed E-state index contributed by atoms with van der Waals surface area (Å²) >= 11 is 0. The molecule has 6 nitrogen and oxygen atoms in total. The summed E-state index contributed by atoms with van der Waals surface area (Å²) < 4.78 is 16.7. The average Bonchev–Trinajstić information content (AvgIpc) is 3.15. The molecule has 0 radical (unpaired) electrons. The third-order valence-corrected chi connectivity index (χ3v) is 11.1. The Hall–Kier alpha value is -1.59. The van der Waals surface area contributed by atoms with E-state index in [0.29, 0.717) is 19.3 Å². The molecule has 0 aliphatic rings. The molecule has 0 rings (SSSR count). The highest BCUT2D eigenvalue weighted by Gasteiger charge is 2.19. The molecule has 0 heterocycles. The van der Waals surface area contributed by atoms with Crippen LogP contribution in [0.5, 0.6) is 0 Å². The van der Waals surface area contributed by atoms with Crippen molar-refractivity contribution in [3.8, 4) is 0 Å². The Morgan fingerprint density at radius 1 is 0.389 bits per heavy atom. The summed E-state index contributed by atoms with van der Waals surface area (Å²) in [7, 11) is 0. The smallest absolute Gasteiger partial charge is 0.306 e. The van der Waals surface area contributed by atoms with Crippen molar-refractivity contribution in [2.75, 3.05) is 13.2 Å². The molecule has 6 heteroatoms. The summed E-state index contributed by atoms with van der Waals surface area (Å²) in [5.41, 5.74) is 0. The molecule has 0 bridgehead atoms. The summed E-state index contributed by atoms with van der Waals surface area (Å²) in [5.74, 6) is 0.841. The standard InChI is InChI=1S/C48H92O6/c1-6-8-9-10-21-28-33-38-46(49)52-41-45(42-53-47(50)39-34-29-24-19-16-15-18-23-27-32-37-44(5)7-2)54-48(51)40-35-30-25-20-14-12-11-13-17-22-26-31-36-43(3)4/h43-45H,6-42H2,1-5H3/t44?,45-/m1/s1. The summed E-state index contributed by atoms with van der Waals surface area (Å²) in [4.78, 5) is 37.7. The van der Waals surface area contributed by atoms with Gasteiger partial charge in [0.25, 0.3) is 0 Å². The van der Waals surface area contributed by atoms with Crippen LogP contribution in [0.1, 0.15) is 259 Å². The normalized spacial score (nSPS) is 12.6. The molecule has 1 unspecified atom stereocenters. The first-order valence-corrected chi connectivity index (χ1v) is 23.8. The minimum Gasteiger partial charge on any atom is -0.462 e. The molecule has 0 saturated heterocycles. The van der Waals surface area contributed by atoms with Gasteiger partial charge >= 0.3 is 17.9 Å². The molecule has 0 amide bonds. The molecule has 320 valence electrons. The molecular formula is C48H92O6. The van der Waals surface area contributed by atoms with Crippen molar-refractivity contribution in [3.63, 3.8) is 0 Å². The van der Waals surface area contributed by atoms with Gasteiger partial charge in [0.1, 0.15) is 13.2 Å². The third kappa shape index (κ3) is 40.1. The predicted octanol–water partition coefficient (Wildman–Crippen LogP) is 15.0. The summed E-state index contributed by atoms with van der Waals surface area (Å²) in [6.45, 7) is 11.3. The Morgan fingerprint density at radius 3 is 1.06 bits per heavy atom. The fourth-order valence-electron chi connectivity index (χ4n) is 7.07. The van der Waals surface area contributed by atoms with Crippen LogP contribution in [0, 0.1) is 11.8 Å². The second-order valence-corrected chi connectivity index (χ2v) is 17.1. The van der Waals surface area contributed by atoms with Crippen LogP contribution in [-0.2, 0) is 28.6 Å². The molecule has 0 aliphatic heterocycles. The van der Waals surface area contributed by atoms with Crippen LogP contribution in [0.4, 0.5) is 0 Å². The maximum Gasteiger partial charge on any atom is 0.306 e. The van der Waals surface area contributed by atoms with Crippen LogP contribution in [0.15, 0.2) is 0 Å². The highest BCUT2D eigenvalue weighted by atomic mass is 16.6. The van der Waals surface area contributed by atoms with E-state index in [4.69, 9.17) is 14.2 Å². The molecule has 54 heavy (non-hydrogen) atoms. The summed E-state index contributed by atoms with van der Waals surface area (Å²) in [6, 6.07) is 0. The Morgan fingerprint density at radius 2 is 0.704 bits per heavy atom. The van der Waals surface area contributed by atoms with Crippen molar-refractivity contribution in [3.05, 3.63) is 0 Å². The largest absolute Gasteiger partial charge is 0.462 e. The zero-order valence-corrected chi connectivity index (χ0v) is 36.8. The second kappa shape index (κ2) is 41.1. The van der Waals surface area contributed by atoms with E-state index in [-0.39, 0.29) is 31.1 Å². The molecule has 0 aliphatic carbocycles. The first-order valence-electron chi connectivity index (χ1n) is 23.8. The zero-order chi connectivity index (χ0) is 39.7. The quantitative estimate of drug-likeness (QED) is 0.0350. The fraction of sp³-hybridized carbons (Fsp3) is 0.938. The van der Waals surface area contributed by atoms with Gasteiger partial charge in [-0.25, -0.2) is 0 Å². The molecular weight excluding hydrogens is 673 g/mol. The lowest BCUT2D eigenvalue weighted by atomic mass is 9.99. The van der Waals surface area contributed by atoms with E-state index >= 15 is 0 Å². The Labute approximate surface area is 336 Å². The van der Waals surface area contributed by atoms with Gasteiger partial charge in [0.2, 0.25) is 0 Å². The molecule has 0 aromatic heterocycles. The number of ether oxygens (including phenoxy) is 3. The van der Waals surface area contributed by atoms with Gasteiger partial charge in [0.15, 0.2) is 6.10 Å². The monoisotopic (exact) mass is 765 g/mol. The van der Waals surface area contributed by atoms with E-state index in [2.05, 4.69) is 34.6 Å². The number of esters is 3. The van der Waals surface area contributed by atoms with Gasteiger partial charge in [-0.15, -0.1) is 0 Å². The molecule has 0 fully saturated rings. The van der Waals surface area contributed by atoms with Crippen LogP contribution < -0.4 is 0 Å². The lowest BCUT2D eigenvalue weighted by molar-refractivity contribution is -0.167. The number of unbranched alkanes of at least 4 members (excludes halogenated alkanes) is 26. The van der Waals surface area contributed by atoms with Crippen molar-refractivity contribution < 1.29 is 28.6 Å². The number of hydrogen-bond donors (Lipinski definition) is 0. The van der Waals surface area contributed by atoms with E-state index in [0.717, 1.165) is 69.6 Å². The van der Waals surface area contributed by atoms with Gasteiger partial charge in [0, 0.05) is 19.3 Å². The van der Waals surface area contributed by atoms with E-state index in [1.807, 2.05) is 0 Å². The van der Waals surface area contributed by atoms with Crippen molar-refractivity contribution >= 4 is 17.9 Å². The van der Waals surface area contributed by atoms with Gasteiger partial charge in [-0.3, -0.25) is 14.4 Å². The highest BCUT2D eigenvalue weighted by Crippen LogP contribution is 2.17. The van der Waals surface area contributed by atoms with Crippen LogP contribution in [-0.4, -0.2) is 37.2 Å². The predicted molar refractivity (Wildman–Crippen MR) is 229 cm³/mol. The highest BCUT2D eigenvalue weighted by molar-refractivity contribution is 5.71. The van der Waals surface area contributed by atoms with Crippen LogP contribution in [0.3, 0.4) is 0 Å². The molecule has 0 saturated carbocycles. The van der Waals surface area contributed by atoms with Crippen molar-refractivity contribution in [2.24, 2.45) is 11.8 Å². The lowest BCUT2D eigenvalue weighted by Crippen LogP contribution is -2.30. The van der Waals surface area contributed by atoms with E-state index < -0.39 is 6.10 Å². The van der Waals surface area contributed by atoms with Crippen molar-refractivity contribution in [1.82, 2.24) is 0 Å².